The molecule has 0 aromatic heterocycles. The minimum absolute atomic E-state index is 0.139. The lowest BCUT2D eigenvalue weighted by Crippen LogP contribution is -2.36. The Balaban J connectivity index is 1.68. The van der Waals surface area contributed by atoms with Crippen LogP contribution in [0.25, 0.3) is 0 Å². The lowest BCUT2D eigenvalue weighted by molar-refractivity contribution is -0.124. The standard InChI is InChI=1S/C13H23NO3/c1-14(7-11-3-2-5-16-9-11)8-13(15)12-4-6-17-10-12/h11-12H,2-10H2,1H3. The molecule has 0 saturated carbocycles. The summed E-state index contributed by atoms with van der Waals surface area (Å²) in [5.74, 6) is 1.07. The molecule has 2 heterocycles. The summed E-state index contributed by atoms with van der Waals surface area (Å²) >= 11 is 0. The first kappa shape index (κ1) is 13.0. The van der Waals surface area contributed by atoms with Crippen molar-refractivity contribution >= 4 is 5.78 Å². The third-order valence-corrected chi connectivity index (χ3v) is 3.64. The average Bonchev–Trinajstić information content (AvgIpc) is 2.83. The minimum Gasteiger partial charge on any atom is -0.381 e. The number of carbonyl (C=O) groups is 1. The molecule has 2 rings (SSSR count). The van der Waals surface area contributed by atoms with E-state index in [-0.39, 0.29) is 5.92 Å². The molecule has 4 nitrogen and oxygen atoms in total. The fraction of sp³-hybridized carbons (Fsp3) is 0.923. The van der Waals surface area contributed by atoms with Crippen LogP contribution in [0.3, 0.4) is 0 Å². The van der Waals surface area contributed by atoms with Crippen molar-refractivity contribution in [1.82, 2.24) is 4.90 Å². The van der Waals surface area contributed by atoms with E-state index in [0.717, 1.165) is 39.2 Å². The van der Waals surface area contributed by atoms with Crippen molar-refractivity contribution in [2.45, 2.75) is 19.3 Å². The van der Waals surface area contributed by atoms with Crippen molar-refractivity contribution in [3.8, 4) is 0 Å². The maximum Gasteiger partial charge on any atom is 0.152 e. The van der Waals surface area contributed by atoms with E-state index >= 15 is 0 Å². The maximum atomic E-state index is 11.9. The van der Waals surface area contributed by atoms with Crippen LogP contribution in [-0.2, 0) is 14.3 Å². The number of hydrogen-bond acceptors (Lipinski definition) is 4. The molecule has 4 heteroatoms. The van der Waals surface area contributed by atoms with Crippen LogP contribution in [0.1, 0.15) is 19.3 Å². The molecule has 0 amide bonds. The van der Waals surface area contributed by atoms with Gasteiger partial charge in [-0.15, -0.1) is 0 Å². The van der Waals surface area contributed by atoms with Gasteiger partial charge >= 0.3 is 0 Å². The van der Waals surface area contributed by atoms with Gasteiger partial charge in [-0.25, -0.2) is 0 Å². The van der Waals surface area contributed by atoms with E-state index in [2.05, 4.69) is 4.90 Å². The minimum atomic E-state index is 0.139. The highest BCUT2D eigenvalue weighted by atomic mass is 16.5. The summed E-state index contributed by atoms with van der Waals surface area (Å²) in [5, 5.41) is 0. The molecule has 2 unspecified atom stereocenters. The largest absolute Gasteiger partial charge is 0.381 e. The quantitative estimate of drug-likeness (QED) is 0.718. The van der Waals surface area contributed by atoms with E-state index in [1.807, 2.05) is 7.05 Å². The van der Waals surface area contributed by atoms with Gasteiger partial charge in [0.2, 0.25) is 0 Å². The molecule has 0 aromatic rings. The Labute approximate surface area is 103 Å². The summed E-state index contributed by atoms with van der Waals surface area (Å²) in [4.78, 5) is 14.1. The van der Waals surface area contributed by atoms with Crippen LogP contribution in [-0.4, -0.2) is 57.2 Å². The summed E-state index contributed by atoms with van der Waals surface area (Å²) < 4.78 is 10.7. The molecule has 0 aromatic carbocycles. The van der Waals surface area contributed by atoms with Gasteiger partial charge < -0.3 is 9.47 Å². The number of likely N-dealkylation sites (N-methyl/N-ethyl adjacent to an activating group) is 1. The maximum absolute atomic E-state index is 11.9. The molecule has 2 atom stereocenters. The third kappa shape index (κ3) is 4.05. The Kier molecular flexibility index (Phi) is 4.95. The number of ether oxygens (including phenoxy) is 2. The zero-order valence-corrected chi connectivity index (χ0v) is 10.7. The number of carbonyl (C=O) groups excluding carboxylic acids is 1. The van der Waals surface area contributed by atoms with Crippen LogP contribution in [0.4, 0.5) is 0 Å². The second-order valence-corrected chi connectivity index (χ2v) is 5.31. The first-order chi connectivity index (χ1) is 8.25. The van der Waals surface area contributed by atoms with Crippen molar-refractivity contribution in [3.63, 3.8) is 0 Å². The summed E-state index contributed by atoms with van der Waals surface area (Å²) in [5.41, 5.74) is 0. The van der Waals surface area contributed by atoms with Gasteiger partial charge in [-0.05, 0) is 32.2 Å². The van der Waals surface area contributed by atoms with Gasteiger partial charge in [-0.1, -0.05) is 0 Å². The highest BCUT2D eigenvalue weighted by Crippen LogP contribution is 2.16. The SMILES string of the molecule is CN(CC(=O)C1CCOC1)CC1CCCOC1. The van der Waals surface area contributed by atoms with Crippen LogP contribution >= 0.6 is 0 Å². The Hall–Kier alpha value is -0.450. The Morgan fingerprint density at radius 2 is 2.06 bits per heavy atom. The molecule has 0 spiro atoms. The van der Waals surface area contributed by atoms with Crippen LogP contribution in [0.5, 0.6) is 0 Å². The lowest BCUT2D eigenvalue weighted by Gasteiger charge is -2.27. The summed E-state index contributed by atoms with van der Waals surface area (Å²) in [7, 11) is 2.03. The lowest BCUT2D eigenvalue weighted by atomic mass is 10.0. The number of ketones is 1. The fourth-order valence-electron chi connectivity index (χ4n) is 2.64. The van der Waals surface area contributed by atoms with Crippen LogP contribution in [0.15, 0.2) is 0 Å². The Bertz CT molecular complexity index is 245. The molecular formula is C13H23NO3. The summed E-state index contributed by atoms with van der Waals surface area (Å²) in [6.07, 6.45) is 3.28. The zero-order chi connectivity index (χ0) is 12.1. The first-order valence-electron chi connectivity index (χ1n) is 6.62. The Morgan fingerprint density at radius 1 is 1.24 bits per heavy atom. The van der Waals surface area contributed by atoms with E-state index in [1.165, 1.54) is 6.42 Å². The molecule has 0 radical (unpaired) electrons. The van der Waals surface area contributed by atoms with Gasteiger partial charge in [0.25, 0.3) is 0 Å². The van der Waals surface area contributed by atoms with Crippen molar-refractivity contribution in [1.29, 1.82) is 0 Å². The highest BCUT2D eigenvalue weighted by Gasteiger charge is 2.25. The highest BCUT2D eigenvalue weighted by molar-refractivity contribution is 5.83. The van der Waals surface area contributed by atoms with Crippen molar-refractivity contribution in [2.24, 2.45) is 11.8 Å². The Morgan fingerprint density at radius 3 is 2.71 bits per heavy atom. The van der Waals surface area contributed by atoms with Gasteiger partial charge in [0.15, 0.2) is 5.78 Å². The monoisotopic (exact) mass is 241 g/mol. The van der Waals surface area contributed by atoms with Crippen LogP contribution < -0.4 is 0 Å². The fourth-order valence-corrected chi connectivity index (χ4v) is 2.64. The second-order valence-electron chi connectivity index (χ2n) is 5.31. The summed E-state index contributed by atoms with van der Waals surface area (Å²) in [6.45, 7) is 4.66. The molecule has 17 heavy (non-hydrogen) atoms. The van der Waals surface area contributed by atoms with E-state index in [9.17, 15) is 4.79 Å². The van der Waals surface area contributed by atoms with E-state index < -0.39 is 0 Å². The predicted molar refractivity (Wildman–Crippen MR) is 65.0 cm³/mol. The molecule has 0 bridgehead atoms. The smallest absolute Gasteiger partial charge is 0.152 e. The van der Waals surface area contributed by atoms with Gasteiger partial charge in [-0.3, -0.25) is 9.69 Å². The number of hydrogen-bond donors (Lipinski definition) is 0. The van der Waals surface area contributed by atoms with Gasteiger partial charge in [0.1, 0.15) is 0 Å². The van der Waals surface area contributed by atoms with Crippen LogP contribution in [0, 0.1) is 11.8 Å². The molecule has 0 N–H and O–H groups in total. The molecule has 0 aliphatic carbocycles. The molecule has 2 aliphatic heterocycles. The summed E-state index contributed by atoms with van der Waals surface area (Å²) in [6, 6.07) is 0. The third-order valence-electron chi connectivity index (χ3n) is 3.64. The van der Waals surface area contributed by atoms with Crippen molar-refractivity contribution in [2.75, 3.05) is 46.6 Å². The number of nitrogens with zero attached hydrogens (tertiary/aromatic N) is 1. The molecular weight excluding hydrogens is 218 g/mol. The van der Waals surface area contributed by atoms with E-state index in [4.69, 9.17) is 9.47 Å². The van der Waals surface area contributed by atoms with Crippen molar-refractivity contribution in [3.05, 3.63) is 0 Å². The molecule has 2 saturated heterocycles. The van der Waals surface area contributed by atoms with E-state index in [0.29, 0.717) is 24.9 Å². The average molecular weight is 241 g/mol. The topological polar surface area (TPSA) is 38.8 Å². The predicted octanol–water partition coefficient (Wildman–Crippen LogP) is 0.950. The number of rotatable bonds is 5. The number of Topliss-reactive ketones (excluding diaryl/α,β-unsaturated/α-hetero) is 1. The first-order valence-corrected chi connectivity index (χ1v) is 6.62. The van der Waals surface area contributed by atoms with Crippen molar-refractivity contribution < 1.29 is 14.3 Å². The zero-order valence-electron chi connectivity index (χ0n) is 10.7. The van der Waals surface area contributed by atoms with Gasteiger partial charge in [-0.2, -0.15) is 0 Å². The van der Waals surface area contributed by atoms with Gasteiger partial charge in [0, 0.05) is 25.7 Å². The molecule has 98 valence electrons. The molecule has 2 aliphatic rings. The normalized spacial score (nSPS) is 29.8. The van der Waals surface area contributed by atoms with E-state index in [1.54, 1.807) is 0 Å². The second kappa shape index (κ2) is 6.47. The molecule has 2 fully saturated rings. The van der Waals surface area contributed by atoms with Gasteiger partial charge in [0.05, 0.1) is 19.8 Å². The van der Waals surface area contributed by atoms with Crippen LogP contribution in [0.2, 0.25) is 0 Å².